The Balaban J connectivity index is 1.43. The second-order valence-electron chi connectivity index (χ2n) is 11.3. The molecule has 0 unspecified atom stereocenters. The third-order valence-corrected chi connectivity index (χ3v) is 8.67. The third kappa shape index (κ3) is 5.47. The molecule has 1 N–H and O–H groups in total. The van der Waals surface area contributed by atoms with Crippen LogP contribution >= 0.6 is 23.8 Å². The average molecular weight is 610 g/mol. The van der Waals surface area contributed by atoms with E-state index in [0.29, 0.717) is 27.7 Å². The van der Waals surface area contributed by atoms with Crippen molar-refractivity contribution in [1.29, 1.82) is 0 Å². The summed E-state index contributed by atoms with van der Waals surface area (Å²) < 4.78 is 42.6. The molecule has 4 aromatic rings. The number of aromatic nitrogens is 2. The highest BCUT2D eigenvalue weighted by molar-refractivity contribution is 7.80. The molecule has 2 aromatic heterocycles. The molecule has 2 aliphatic rings. The summed E-state index contributed by atoms with van der Waals surface area (Å²) in [7, 11) is 0. The van der Waals surface area contributed by atoms with E-state index in [0.717, 1.165) is 48.0 Å². The fraction of sp³-hybridized carbons (Fsp3) is 0.312. The van der Waals surface area contributed by atoms with E-state index in [-0.39, 0.29) is 6.04 Å². The lowest BCUT2D eigenvalue weighted by atomic mass is 9.91. The van der Waals surface area contributed by atoms with Crippen LogP contribution in [0.4, 0.5) is 24.5 Å². The van der Waals surface area contributed by atoms with Crippen LogP contribution in [0.1, 0.15) is 49.3 Å². The molecule has 2 saturated heterocycles. The van der Waals surface area contributed by atoms with E-state index in [1.165, 1.54) is 12.5 Å². The minimum absolute atomic E-state index is 0.361. The van der Waals surface area contributed by atoms with Crippen LogP contribution in [0.3, 0.4) is 0 Å². The maximum atomic E-state index is 13.6. The van der Waals surface area contributed by atoms with E-state index < -0.39 is 17.8 Å². The van der Waals surface area contributed by atoms with Gasteiger partial charge in [0.2, 0.25) is 0 Å². The molecule has 218 valence electrons. The zero-order chi connectivity index (χ0) is 29.6. The maximum absolute atomic E-state index is 13.6. The molecule has 6 rings (SSSR count). The first-order valence-corrected chi connectivity index (χ1v) is 14.8. The molecule has 2 aliphatic heterocycles. The first-order chi connectivity index (χ1) is 20.1. The molecule has 0 saturated carbocycles. The van der Waals surface area contributed by atoms with Gasteiger partial charge in [-0.3, -0.25) is 4.98 Å². The lowest BCUT2D eigenvalue weighted by Gasteiger charge is -2.37. The standard InChI is InChI=1S/C32H31ClF3N5S/c1-20-15-21(2)19-39(18-20)27-12-11-24(17-25(27)33)41-30(29(38-31(41)42)26-9-3-4-13-37-26)28-10-6-14-40(28)23-8-5-7-22(16-23)32(34,35)36/h3-14,16-17,20-21,29-30H,15,18-19H2,1-2H3,(H,38,42)/t20-,21+,29-,30+/m1/s1. The Morgan fingerprint density at radius 3 is 2.40 bits per heavy atom. The van der Waals surface area contributed by atoms with Gasteiger partial charge in [0.25, 0.3) is 0 Å². The number of benzene rings is 2. The van der Waals surface area contributed by atoms with Gasteiger partial charge < -0.3 is 19.7 Å². The molecule has 0 bridgehead atoms. The summed E-state index contributed by atoms with van der Waals surface area (Å²) >= 11 is 12.8. The van der Waals surface area contributed by atoms with E-state index in [1.54, 1.807) is 23.0 Å². The Hall–Kier alpha value is -3.56. The number of halogens is 4. The number of hydrogen-bond acceptors (Lipinski definition) is 3. The summed E-state index contributed by atoms with van der Waals surface area (Å²) in [5.74, 6) is 1.15. The minimum Gasteiger partial charge on any atom is -0.370 e. The molecule has 2 aromatic carbocycles. The Morgan fingerprint density at radius 2 is 1.71 bits per heavy atom. The molecule has 42 heavy (non-hydrogen) atoms. The highest BCUT2D eigenvalue weighted by atomic mass is 35.5. The van der Waals surface area contributed by atoms with Crippen LogP contribution in [0.2, 0.25) is 5.02 Å². The number of alkyl halides is 3. The lowest BCUT2D eigenvalue weighted by Crippen LogP contribution is -2.38. The number of pyridine rings is 1. The average Bonchev–Trinajstić information content (AvgIpc) is 3.57. The van der Waals surface area contributed by atoms with Crippen molar-refractivity contribution in [3.8, 4) is 5.69 Å². The van der Waals surface area contributed by atoms with Crippen molar-refractivity contribution >= 4 is 40.3 Å². The van der Waals surface area contributed by atoms with Gasteiger partial charge in [0.15, 0.2) is 5.11 Å². The second kappa shape index (κ2) is 11.3. The van der Waals surface area contributed by atoms with Gasteiger partial charge in [-0.1, -0.05) is 37.6 Å². The molecule has 0 radical (unpaired) electrons. The van der Waals surface area contributed by atoms with Crippen LogP contribution in [0.25, 0.3) is 5.69 Å². The first-order valence-electron chi connectivity index (χ1n) is 14.0. The maximum Gasteiger partial charge on any atom is 0.416 e. The molecule has 0 aliphatic carbocycles. The van der Waals surface area contributed by atoms with E-state index in [9.17, 15) is 13.2 Å². The molecule has 0 spiro atoms. The highest BCUT2D eigenvalue weighted by Gasteiger charge is 2.42. The van der Waals surface area contributed by atoms with Gasteiger partial charge in [-0.15, -0.1) is 0 Å². The zero-order valence-corrected chi connectivity index (χ0v) is 24.8. The number of piperidine rings is 1. The lowest BCUT2D eigenvalue weighted by molar-refractivity contribution is -0.137. The fourth-order valence-corrected chi connectivity index (χ4v) is 7.04. The largest absolute Gasteiger partial charge is 0.416 e. The van der Waals surface area contributed by atoms with Crippen molar-refractivity contribution in [2.75, 3.05) is 22.9 Å². The van der Waals surface area contributed by atoms with Crippen molar-refractivity contribution in [2.45, 2.75) is 38.5 Å². The zero-order valence-electron chi connectivity index (χ0n) is 23.2. The van der Waals surface area contributed by atoms with Crippen molar-refractivity contribution in [3.05, 3.63) is 107 Å². The number of rotatable bonds is 5. The molecule has 5 nitrogen and oxygen atoms in total. The summed E-state index contributed by atoms with van der Waals surface area (Å²) in [6.45, 7) is 6.42. The normalized spacial score (nSPS) is 22.9. The van der Waals surface area contributed by atoms with Crippen molar-refractivity contribution in [2.24, 2.45) is 11.8 Å². The molecule has 2 fully saturated rings. The Morgan fingerprint density at radius 1 is 0.929 bits per heavy atom. The predicted octanol–water partition coefficient (Wildman–Crippen LogP) is 8.20. The van der Waals surface area contributed by atoms with Gasteiger partial charge in [-0.2, -0.15) is 13.2 Å². The summed E-state index contributed by atoms with van der Waals surface area (Å²) in [4.78, 5) is 8.94. The van der Waals surface area contributed by atoms with Gasteiger partial charge in [0.1, 0.15) is 6.04 Å². The van der Waals surface area contributed by atoms with E-state index >= 15 is 0 Å². The number of anilines is 2. The monoisotopic (exact) mass is 609 g/mol. The van der Waals surface area contributed by atoms with Crippen molar-refractivity contribution in [3.63, 3.8) is 0 Å². The predicted molar refractivity (Wildman–Crippen MR) is 165 cm³/mol. The van der Waals surface area contributed by atoms with Gasteiger partial charge in [0, 0.05) is 42.6 Å². The third-order valence-electron chi connectivity index (χ3n) is 8.05. The number of thiocarbonyl (C=S) groups is 1. The van der Waals surface area contributed by atoms with Crippen LogP contribution in [0.5, 0.6) is 0 Å². The van der Waals surface area contributed by atoms with Crippen molar-refractivity contribution in [1.82, 2.24) is 14.9 Å². The Labute approximate surface area is 253 Å². The van der Waals surface area contributed by atoms with E-state index in [1.807, 2.05) is 53.4 Å². The quantitative estimate of drug-likeness (QED) is 0.231. The fourth-order valence-electron chi connectivity index (χ4n) is 6.40. The number of hydrogen-bond donors (Lipinski definition) is 1. The Kier molecular flexibility index (Phi) is 7.66. The topological polar surface area (TPSA) is 36.3 Å². The molecule has 0 amide bonds. The second-order valence-corrected chi connectivity index (χ2v) is 12.1. The highest BCUT2D eigenvalue weighted by Crippen LogP contribution is 2.44. The van der Waals surface area contributed by atoms with Crippen molar-refractivity contribution < 1.29 is 13.2 Å². The van der Waals surface area contributed by atoms with E-state index in [4.69, 9.17) is 23.8 Å². The first kappa shape index (κ1) is 28.6. The Bertz CT molecular complexity index is 1580. The van der Waals surface area contributed by atoms with Gasteiger partial charge in [-0.05, 0) is 91.1 Å². The van der Waals surface area contributed by atoms with E-state index in [2.05, 4.69) is 29.0 Å². The molecule has 10 heteroatoms. The van der Waals surface area contributed by atoms with Gasteiger partial charge >= 0.3 is 6.18 Å². The van der Waals surface area contributed by atoms with Crippen LogP contribution in [-0.2, 0) is 6.18 Å². The summed E-state index contributed by atoms with van der Waals surface area (Å²) in [6, 6.07) is 20.0. The number of nitrogens with zero attached hydrogens (tertiary/aromatic N) is 4. The minimum atomic E-state index is -4.45. The molecule has 4 heterocycles. The van der Waals surface area contributed by atoms with Gasteiger partial charge in [-0.25, -0.2) is 0 Å². The van der Waals surface area contributed by atoms with Crippen LogP contribution in [0.15, 0.2) is 85.2 Å². The number of nitrogens with one attached hydrogen (secondary N) is 1. The van der Waals surface area contributed by atoms with Crippen LogP contribution in [0, 0.1) is 11.8 Å². The molecule has 4 atom stereocenters. The smallest absolute Gasteiger partial charge is 0.370 e. The SMILES string of the molecule is C[C@@H]1C[C@H](C)CN(c2ccc(N3C(=S)N[C@H](c4ccccn4)[C@@H]3c3cccn3-c3cccc(C(F)(F)F)c3)cc2Cl)C1. The van der Waals surface area contributed by atoms with Gasteiger partial charge in [0.05, 0.1) is 28.0 Å². The van der Waals surface area contributed by atoms with Crippen LogP contribution in [-0.4, -0.2) is 27.8 Å². The summed E-state index contributed by atoms with van der Waals surface area (Å²) in [5.41, 5.74) is 3.01. The van der Waals surface area contributed by atoms with Crippen LogP contribution < -0.4 is 15.1 Å². The molecular weight excluding hydrogens is 579 g/mol. The molecular formula is C32H31ClF3N5S. The summed E-state index contributed by atoms with van der Waals surface area (Å²) in [5, 5.41) is 4.54. The summed E-state index contributed by atoms with van der Waals surface area (Å²) in [6.07, 6.45) is 0.235.